The number of nitrogens with two attached hydrogens (primary N) is 1. The molecule has 2 nitrogen and oxygen atoms in total. The van der Waals surface area contributed by atoms with Crippen LogP contribution in [0.25, 0.3) is 10.8 Å². The molecule has 2 N–H and O–H groups in total. The Bertz CT molecular complexity index is 460. The zero-order chi connectivity index (χ0) is 11.4. The van der Waals surface area contributed by atoms with Gasteiger partial charge in [0, 0.05) is 30.7 Å². The number of benzene rings is 2. The molecule has 0 heterocycles. The van der Waals surface area contributed by atoms with Crippen LogP contribution < -0.4 is 10.6 Å². The molecule has 2 aromatic carbocycles. The standard InChI is InChI=1S/C14H18N2/c1-2-16(11-10-15)14-9-5-7-12-6-3-4-8-13(12)14/h3-9H,2,10-11,15H2,1H3. The van der Waals surface area contributed by atoms with Crippen LogP contribution in [-0.4, -0.2) is 19.6 Å². The maximum absolute atomic E-state index is 5.64. The lowest BCUT2D eigenvalue weighted by Crippen LogP contribution is -2.29. The molecule has 0 atom stereocenters. The van der Waals surface area contributed by atoms with Gasteiger partial charge in [-0.2, -0.15) is 0 Å². The fraction of sp³-hybridized carbons (Fsp3) is 0.286. The van der Waals surface area contributed by atoms with Gasteiger partial charge in [0.25, 0.3) is 0 Å². The van der Waals surface area contributed by atoms with Crippen LogP contribution in [0.15, 0.2) is 42.5 Å². The maximum atomic E-state index is 5.64. The third-order valence-corrected chi connectivity index (χ3v) is 2.89. The predicted octanol–water partition coefficient (Wildman–Crippen LogP) is 2.62. The number of hydrogen-bond donors (Lipinski definition) is 1. The first-order valence-corrected chi connectivity index (χ1v) is 5.79. The van der Waals surface area contributed by atoms with E-state index in [0.717, 1.165) is 13.1 Å². The Hall–Kier alpha value is -1.54. The second-order valence-corrected chi connectivity index (χ2v) is 3.87. The van der Waals surface area contributed by atoms with Crippen LogP contribution >= 0.6 is 0 Å². The Balaban J connectivity index is 2.50. The van der Waals surface area contributed by atoms with Gasteiger partial charge in [0.05, 0.1) is 0 Å². The Morgan fingerprint density at radius 1 is 1.06 bits per heavy atom. The molecule has 16 heavy (non-hydrogen) atoms. The highest BCUT2D eigenvalue weighted by atomic mass is 15.1. The topological polar surface area (TPSA) is 29.3 Å². The molecule has 0 aromatic heterocycles. The van der Waals surface area contributed by atoms with Crippen molar-refractivity contribution in [3.05, 3.63) is 42.5 Å². The van der Waals surface area contributed by atoms with E-state index in [9.17, 15) is 0 Å². The minimum absolute atomic E-state index is 0.692. The van der Waals surface area contributed by atoms with E-state index in [1.807, 2.05) is 0 Å². The van der Waals surface area contributed by atoms with Crippen molar-refractivity contribution in [2.45, 2.75) is 6.92 Å². The molecule has 0 fully saturated rings. The van der Waals surface area contributed by atoms with Crippen molar-refractivity contribution >= 4 is 16.5 Å². The van der Waals surface area contributed by atoms with E-state index < -0.39 is 0 Å². The molecule has 0 aliphatic rings. The molecule has 0 spiro atoms. The van der Waals surface area contributed by atoms with Gasteiger partial charge in [0.2, 0.25) is 0 Å². The van der Waals surface area contributed by atoms with Crippen LogP contribution in [0.4, 0.5) is 5.69 Å². The summed E-state index contributed by atoms with van der Waals surface area (Å²) in [6.45, 7) is 4.75. The fourth-order valence-electron chi connectivity index (χ4n) is 2.09. The molecule has 0 aliphatic carbocycles. The molecule has 84 valence electrons. The molecular weight excluding hydrogens is 196 g/mol. The molecular formula is C14H18N2. The van der Waals surface area contributed by atoms with Gasteiger partial charge in [-0.25, -0.2) is 0 Å². The van der Waals surface area contributed by atoms with Crippen LogP contribution in [-0.2, 0) is 0 Å². The lowest BCUT2D eigenvalue weighted by molar-refractivity contribution is 0.820. The van der Waals surface area contributed by atoms with E-state index in [1.54, 1.807) is 0 Å². The summed E-state index contributed by atoms with van der Waals surface area (Å²) in [6, 6.07) is 14.9. The molecule has 0 radical (unpaired) electrons. The van der Waals surface area contributed by atoms with Gasteiger partial charge in [-0.3, -0.25) is 0 Å². The van der Waals surface area contributed by atoms with Crippen LogP contribution in [0.3, 0.4) is 0 Å². The average molecular weight is 214 g/mol. The zero-order valence-electron chi connectivity index (χ0n) is 9.69. The first kappa shape index (κ1) is 11.0. The van der Waals surface area contributed by atoms with Crippen molar-refractivity contribution in [2.75, 3.05) is 24.5 Å². The van der Waals surface area contributed by atoms with Gasteiger partial charge < -0.3 is 10.6 Å². The smallest absolute Gasteiger partial charge is 0.0446 e. The number of nitrogens with zero attached hydrogens (tertiary/aromatic N) is 1. The minimum Gasteiger partial charge on any atom is -0.370 e. The quantitative estimate of drug-likeness (QED) is 0.847. The van der Waals surface area contributed by atoms with Gasteiger partial charge in [-0.15, -0.1) is 0 Å². The Morgan fingerprint density at radius 3 is 2.56 bits per heavy atom. The van der Waals surface area contributed by atoms with Crippen molar-refractivity contribution in [1.29, 1.82) is 0 Å². The predicted molar refractivity (Wildman–Crippen MR) is 70.9 cm³/mol. The van der Waals surface area contributed by atoms with Crippen molar-refractivity contribution in [1.82, 2.24) is 0 Å². The Morgan fingerprint density at radius 2 is 1.81 bits per heavy atom. The summed E-state index contributed by atoms with van der Waals surface area (Å²) in [5.41, 5.74) is 6.93. The summed E-state index contributed by atoms with van der Waals surface area (Å²) in [5, 5.41) is 2.59. The largest absolute Gasteiger partial charge is 0.370 e. The molecule has 2 rings (SSSR count). The zero-order valence-corrected chi connectivity index (χ0v) is 9.69. The van der Waals surface area contributed by atoms with Crippen LogP contribution in [0.1, 0.15) is 6.92 Å². The summed E-state index contributed by atoms with van der Waals surface area (Å²) in [6.07, 6.45) is 0. The van der Waals surface area contributed by atoms with E-state index in [0.29, 0.717) is 6.54 Å². The van der Waals surface area contributed by atoms with Crippen molar-refractivity contribution in [2.24, 2.45) is 5.73 Å². The van der Waals surface area contributed by atoms with Crippen LogP contribution in [0.2, 0.25) is 0 Å². The Labute approximate surface area is 96.7 Å². The third-order valence-electron chi connectivity index (χ3n) is 2.89. The highest BCUT2D eigenvalue weighted by molar-refractivity contribution is 5.94. The van der Waals surface area contributed by atoms with Gasteiger partial charge in [-0.1, -0.05) is 36.4 Å². The lowest BCUT2D eigenvalue weighted by atomic mass is 10.1. The van der Waals surface area contributed by atoms with Gasteiger partial charge in [0.15, 0.2) is 0 Å². The normalized spacial score (nSPS) is 10.6. The fourth-order valence-corrected chi connectivity index (χ4v) is 2.09. The minimum atomic E-state index is 0.692. The first-order valence-electron chi connectivity index (χ1n) is 5.79. The van der Waals surface area contributed by atoms with Crippen LogP contribution in [0.5, 0.6) is 0 Å². The van der Waals surface area contributed by atoms with E-state index >= 15 is 0 Å². The molecule has 0 saturated carbocycles. The molecule has 2 aromatic rings. The lowest BCUT2D eigenvalue weighted by Gasteiger charge is -2.23. The summed E-state index contributed by atoms with van der Waals surface area (Å²) in [7, 11) is 0. The number of fused-ring (bicyclic) bond motifs is 1. The van der Waals surface area contributed by atoms with Gasteiger partial charge in [0.1, 0.15) is 0 Å². The molecule has 0 bridgehead atoms. The molecule has 0 aliphatic heterocycles. The summed E-state index contributed by atoms with van der Waals surface area (Å²) in [5.74, 6) is 0. The number of likely N-dealkylation sites (N-methyl/N-ethyl adjacent to an activating group) is 1. The highest BCUT2D eigenvalue weighted by Crippen LogP contribution is 2.26. The van der Waals surface area contributed by atoms with E-state index in [2.05, 4.69) is 54.3 Å². The SMILES string of the molecule is CCN(CCN)c1cccc2ccccc12. The Kier molecular flexibility index (Phi) is 3.42. The van der Waals surface area contributed by atoms with Crippen molar-refractivity contribution < 1.29 is 0 Å². The summed E-state index contributed by atoms with van der Waals surface area (Å²) < 4.78 is 0. The van der Waals surface area contributed by atoms with E-state index in [4.69, 9.17) is 5.73 Å². The van der Waals surface area contributed by atoms with Crippen molar-refractivity contribution in [3.8, 4) is 0 Å². The van der Waals surface area contributed by atoms with Crippen LogP contribution in [0, 0.1) is 0 Å². The van der Waals surface area contributed by atoms with Gasteiger partial charge >= 0.3 is 0 Å². The van der Waals surface area contributed by atoms with E-state index in [1.165, 1.54) is 16.5 Å². The molecule has 0 saturated heterocycles. The number of anilines is 1. The molecule has 0 amide bonds. The molecule has 2 heteroatoms. The monoisotopic (exact) mass is 214 g/mol. The van der Waals surface area contributed by atoms with Crippen molar-refractivity contribution in [3.63, 3.8) is 0 Å². The van der Waals surface area contributed by atoms with Gasteiger partial charge in [-0.05, 0) is 18.4 Å². The summed E-state index contributed by atoms with van der Waals surface area (Å²) in [4.78, 5) is 2.32. The second kappa shape index (κ2) is 4.99. The second-order valence-electron chi connectivity index (χ2n) is 3.87. The average Bonchev–Trinajstić information content (AvgIpc) is 2.35. The highest BCUT2D eigenvalue weighted by Gasteiger charge is 2.06. The molecule has 0 unspecified atom stereocenters. The van der Waals surface area contributed by atoms with E-state index in [-0.39, 0.29) is 0 Å². The number of hydrogen-bond acceptors (Lipinski definition) is 2. The summed E-state index contributed by atoms with van der Waals surface area (Å²) >= 11 is 0. The number of rotatable bonds is 4. The maximum Gasteiger partial charge on any atom is 0.0446 e. The first-order chi connectivity index (χ1) is 7.86. The third kappa shape index (κ3) is 2.02.